The van der Waals surface area contributed by atoms with E-state index in [1.807, 2.05) is 0 Å². The molecule has 0 aliphatic rings. The van der Waals surface area contributed by atoms with Crippen LogP contribution in [0.15, 0.2) is 12.7 Å². The number of sulfone groups is 1. The highest BCUT2D eigenvalue weighted by Gasteiger charge is 2.15. The lowest BCUT2D eigenvalue weighted by Crippen LogP contribution is -2.21. The molecule has 74 valence electrons. The van der Waals surface area contributed by atoms with Crippen molar-refractivity contribution in [3.05, 3.63) is 12.7 Å². The molecule has 0 amide bonds. The molecule has 1 rings (SSSR count). The van der Waals surface area contributed by atoms with Crippen molar-refractivity contribution < 1.29 is 8.42 Å². The molecule has 0 radical (unpaired) electrons. The van der Waals surface area contributed by atoms with Gasteiger partial charge in [-0.15, -0.1) is 0 Å². The normalized spacial score (nSPS) is 12.2. The van der Waals surface area contributed by atoms with Crippen LogP contribution in [0, 0.1) is 0 Å². The number of nitrogens with zero attached hydrogens (tertiary/aromatic N) is 3. The molecule has 6 heteroatoms. The van der Waals surface area contributed by atoms with Crippen molar-refractivity contribution in [1.29, 1.82) is 0 Å². The molecule has 5 nitrogen and oxygen atoms in total. The predicted octanol–water partition coefficient (Wildman–Crippen LogP) is 0.101. The van der Waals surface area contributed by atoms with E-state index >= 15 is 0 Å². The topological polar surface area (TPSA) is 64.8 Å². The Labute approximate surface area is 77.7 Å². The van der Waals surface area contributed by atoms with Gasteiger partial charge in [-0.25, -0.2) is 13.4 Å². The van der Waals surface area contributed by atoms with Gasteiger partial charge in [-0.05, 0) is 13.8 Å². The third kappa shape index (κ3) is 2.80. The van der Waals surface area contributed by atoms with Crippen LogP contribution >= 0.6 is 0 Å². The van der Waals surface area contributed by atoms with Crippen LogP contribution in [0.2, 0.25) is 0 Å². The third-order valence-corrected chi connectivity index (χ3v) is 3.98. The molecule has 0 aromatic carbocycles. The number of aryl methyl sites for hydroxylation is 1. The zero-order chi connectivity index (χ0) is 9.90. The van der Waals surface area contributed by atoms with Crippen molar-refractivity contribution in [3.8, 4) is 0 Å². The summed E-state index contributed by atoms with van der Waals surface area (Å²) in [6.45, 7) is 3.73. The van der Waals surface area contributed by atoms with Crippen LogP contribution in [0.3, 0.4) is 0 Å². The van der Waals surface area contributed by atoms with Crippen LogP contribution in [-0.2, 0) is 16.4 Å². The zero-order valence-corrected chi connectivity index (χ0v) is 8.53. The van der Waals surface area contributed by atoms with E-state index in [2.05, 4.69) is 10.1 Å². The minimum absolute atomic E-state index is 0.119. The number of hydrogen-bond acceptors (Lipinski definition) is 4. The molecule has 0 aliphatic carbocycles. The van der Waals surface area contributed by atoms with Crippen LogP contribution in [0.1, 0.15) is 13.8 Å². The average molecular weight is 203 g/mol. The second-order valence-corrected chi connectivity index (χ2v) is 5.75. The quantitative estimate of drug-likeness (QED) is 0.696. The molecule has 13 heavy (non-hydrogen) atoms. The molecule has 1 aromatic heterocycles. The van der Waals surface area contributed by atoms with Gasteiger partial charge in [0.25, 0.3) is 0 Å². The molecule has 0 bridgehead atoms. The summed E-state index contributed by atoms with van der Waals surface area (Å²) in [5.74, 6) is 0.119. The second kappa shape index (κ2) is 3.87. The number of hydrogen-bond donors (Lipinski definition) is 0. The predicted molar refractivity (Wildman–Crippen MR) is 48.9 cm³/mol. The molecule has 0 fully saturated rings. The Morgan fingerprint density at radius 2 is 2.15 bits per heavy atom. The van der Waals surface area contributed by atoms with Crippen LogP contribution in [0.25, 0.3) is 0 Å². The summed E-state index contributed by atoms with van der Waals surface area (Å²) in [5, 5.41) is 3.50. The Hall–Kier alpha value is -0.910. The maximum atomic E-state index is 11.4. The van der Waals surface area contributed by atoms with Gasteiger partial charge in [0.1, 0.15) is 12.7 Å². The van der Waals surface area contributed by atoms with Gasteiger partial charge in [0.15, 0.2) is 9.84 Å². The van der Waals surface area contributed by atoms with Gasteiger partial charge in [0, 0.05) is 0 Å². The Morgan fingerprint density at radius 3 is 2.62 bits per heavy atom. The van der Waals surface area contributed by atoms with E-state index in [1.54, 1.807) is 13.8 Å². The van der Waals surface area contributed by atoms with Crippen LogP contribution in [0.5, 0.6) is 0 Å². The largest absolute Gasteiger partial charge is 0.252 e. The SMILES string of the molecule is CC(C)S(=O)(=O)CCn1cncn1. The number of aromatic nitrogens is 3. The van der Waals surface area contributed by atoms with Gasteiger partial charge in [0.2, 0.25) is 0 Å². The van der Waals surface area contributed by atoms with Gasteiger partial charge in [0.05, 0.1) is 17.5 Å². The fourth-order valence-corrected chi connectivity index (χ4v) is 1.72. The first kappa shape index (κ1) is 10.2. The minimum atomic E-state index is -2.96. The zero-order valence-electron chi connectivity index (χ0n) is 7.71. The molecule has 0 saturated heterocycles. The van der Waals surface area contributed by atoms with Crippen molar-refractivity contribution >= 4 is 9.84 Å². The second-order valence-electron chi connectivity index (χ2n) is 3.07. The van der Waals surface area contributed by atoms with E-state index in [0.29, 0.717) is 6.54 Å². The Balaban J connectivity index is 2.53. The first-order valence-electron chi connectivity index (χ1n) is 4.06. The lowest BCUT2D eigenvalue weighted by Gasteiger charge is -2.06. The van der Waals surface area contributed by atoms with Gasteiger partial charge in [-0.3, -0.25) is 4.68 Å². The van der Waals surface area contributed by atoms with Crippen molar-refractivity contribution in [2.75, 3.05) is 5.75 Å². The maximum absolute atomic E-state index is 11.4. The molecule has 1 heterocycles. The van der Waals surface area contributed by atoms with Crippen LogP contribution in [0.4, 0.5) is 0 Å². The smallest absolute Gasteiger partial charge is 0.154 e. The summed E-state index contributed by atoms with van der Waals surface area (Å²) in [6, 6.07) is 0. The first-order valence-corrected chi connectivity index (χ1v) is 5.78. The molecule has 0 spiro atoms. The van der Waals surface area contributed by atoms with Crippen molar-refractivity contribution in [3.63, 3.8) is 0 Å². The van der Waals surface area contributed by atoms with Crippen LogP contribution < -0.4 is 0 Å². The molecule has 0 unspecified atom stereocenters. The highest BCUT2D eigenvalue weighted by atomic mass is 32.2. The lowest BCUT2D eigenvalue weighted by atomic mass is 10.6. The lowest BCUT2D eigenvalue weighted by molar-refractivity contribution is 0.572. The summed E-state index contributed by atoms with van der Waals surface area (Å²) < 4.78 is 24.2. The minimum Gasteiger partial charge on any atom is -0.252 e. The van der Waals surface area contributed by atoms with E-state index < -0.39 is 9.84 Å². The van der Waals surface area contributed by atoms with E-state index in [-0.39, 0.29) is 11.0 Å². The molecule has 0 atom stereocenters. The van der Waals surface area contributed by atoms with E-state index in [9.17, 15) is 8.42 Å². The Morgan fingerprint density at radius 1 is 1.46 bits per heavy atom. The van der Waals surface area contributed by atoms with E-state index in [1.165, 1.54) is 17.3 Å². The van der Waals surface area contributed by atoms with Crippen LogP contribution in [-0.4, -0.2) is 34.2 Å². The van der Waals surface area contributed by atoms with Crippen molar-refractivity contribution in [2.24, 2.45) is 0 Å². The van der Waals surface area contributed by atoms with Gasteiger partial charge < -0.3 is 0 Å². The Bertz CT molecular complexity index is 342. The molecule has 1 aromatic rings. The standard InChI is InChI=1S/C7H13N3O2S/c1-7(2)13(11,12)4-3-10-6-8-5-9-10/h5-7H,3-4H2,1-2H3. The highest BCUT2D eigenvalue weighted by Crippen LogP contribution is 2.00. The molecular weight excluding hydrogens is 190 g/mol. The van der Waals surface area contributed by atoms with E-state index in [4.69, 9.17) is 0 Å². The fourth-order valence-electron chi connectivity index (χ4n) is 0.805. The molecule has 0 aliphatic heterocycles. The monoisotopic (exact) mass is 203 g/mol. The van der Waals surface area contributed by atoms with Crippen molar-refractivity contribution in [1.82, 2.24) is 14.8 Å². The molecular formula is C7H13N3O2S. The highest BCUT2D eigenvalue weighted by molar-refractivity contribution is 7.91. The van der Waals surface area contributed by atoms with Gasteiger partial charge >= 0.3 is 0 Å². The summed E-state index contributed by atoms with van der Waals surface area (Å²) >= 11 is 0. The Kier molecular flexibility index (Phi) is 3.02. The van der Waals surface area contributed by atoms with E-state index in [0.717, 1.165) is 0 Å². The number of rotatable bonds is 4. The summed E-state index contributed by atoms with van der Waals surface area (Å²) in [7, 11) is -2.96. The molecule has 0 N–H and O–H groups in total. The molecule has 0 saturated carbocycles. The summed E-state index contributed by atoms with van der Waals surface area (Å²) in [6.07, 6.45) is 2.90. The first-order chi connectivity index (χ1) is 6.02. The van der Waals surface area contributed by atoms with Crippen molar-refractivity contribution in [2.45, 2.75) is 25.6 Å². The van der Waals surface area contributed by atoms with Gasteiger partial charge in [-0.2, -0.15) is 5.10 Å². The average Bonchev–Trinajstić information content (AvgIpc) is 2.52. The van der Waals surface area contributed by atoms with Gasteiger partial charge in [-0.1, -0.05) is 0 Å². The third-order valence-electron chi connectivity index (χ3n) is 1.79. The maximum Gasteiger partial charge on any atom is 0.154 e. The summed E-state index contributed by atoms with van der Waals surface area (Å²) in [4.78, 5) is 3.72. The summed E-state index contributed by atoms with van der Waals surface area (Å²) in [5.41, 5.74) is 0. The fraction of sp³-hybridized carbons (Fsp3) is 0.714.